The van der Waals surface area contributed by atoms with Gasteiger partial charge in [0.1, 0.15) is 11.5 Å². The second-order valence-corrected chi connectivity index (χ2v) is 8.31. The second kappa shape index (κ2) is 12.2. The molecule has 1 heterocycles. The van der Waals surface area contributed by atoms with Gasteiger partial charge >= 0.3 is 0 Å². The number of nitrogens with zero attached hydrogens (tertiary/aromatic N) is 1. The Morgan fingerprint density at radius 1 is 0.857 bits per heavy atom. The van der Waals surface area contributed by atoms with Gasteiger partial charge < -0.3 is 33.9 Å². The molecule has 9 heteroatoms. The summed E-state index contributed by atoms with van der Waals surface area (Å²) < 4.78 is 26.7. The molecular formula is C26H34N2O7. The van der Waals surface area contributed by atoms with Gasteiger partial charge in [-0.05, 0) is 43.0 Å². The van der Waals surface area contributed by atoms with Gasteiger partial charge in [-0.15, -0.1) is 0 Å². The average molecular weight is 487 g/mol. The summed E-state index contributed by atoms with van der Waals surface area (Å²) in [5.74, 6) is 2.80. The molecule has 0 spiro atoms. The highest BCUT2D eigenvalue weighted by Crippen LogP contribution is 2.38. The minimum Gasteiger partial charge on any atom is -0.497 e. The zero-order chi connectivity index (χ0) is 25.4. The maximum atomic E-state index is 13.1. The molecule has 35 heavy (non-hydrogen) atoms. The third-order valence-corrected chi connectivity index (χ3v) is 6.26. The number of carbonyl (C=O) groups is 2. The van der Waals surface area contributed by atoms with E-state index in [9.17, 15) is 9.59 Å². The van der Waals surface area contributed by atoms with Crippen LogP contribution in [0.3, 0.4) is 0 Å². The molecule has 1 fully saturated rings. The van der Waals surface area contributed by atoms with Crippen molar-refractivity contribution in [3.63, 3.8) is 0 Å². The number of piperidine rings is 1. The topological polar surface area (TPSA) is 95.6 Å². The molecule has 0 aliphatic carbocycles. The van der Waals surface area contributed by atoms with Gasteiger partial charge in [-0.25, -0.2) is 0 Å². The number of likely N-dealkylation sites (tertiary alicyclic amines) is 1. The number of methoxy groups -OCH3 is 5. The molecule has 0 aromatic heterocycles. The largest absolute Gasteiger partial charge is 0.497 e. The molecule has 0 radical (unpaired) electrons. The number of hydrogen-bond donors (Lipinski definition) is 1. The molecule has 190 valence electrons. The predicted molar refractivity (Wildman–Crippen MR) is 131 cm³/mol. The SMILES string of the molecule is COc1ccc(CNC(=O)CC2CCN(C(=O)c3cc(OC)c(OC)c(OC)c3)CC2)c(OC)c1. The van der Waals surface area contributed by atoms with E-state index in [2.05, 4.69) is 5.32 Å². The van der Waals surface area contributed by atoms with E-state index < -0.39 is 0 Å². The molecule has 0 atom stereocenters. The Labute approximate surface area is 206 Å². The van der Waals surface area contributed by atoms with Crippen LogP contribution >= 0.6 is 0 Å². The Morgan fingerprint density at radius 3 is 2.03 bits per heavy atom. The lowest BCUT2D eigenvalue weighted by molar-refractivity contribution is -0.122. The highest BCUT2D eigenvalue weighted by molar-refractivity contribution is 5.95. The third kappa shape index (κ3) is 6.29. The number of hydrogen-bond acceptors (Lipinski definition) is 7. The van der Waals surface area contributed by atoms with Gasteiger partial charge in [-0.2, -0.15) is 0 Å². The minimum atomic E-state index is -0.0984. The Balaban J connectivity index is 1.53. The van der Waals surface area contributed by atoms with Crippen LogP contribution < -0.4 is 29.0 Å². The van der Waals surface area contributed by atoms with Crippen LogP contribution in [0.5, 0.6) is 28.7 Å². The fourth-order valence-electron chi connectivity index (χ4n) is 4.25. The van der Waals surface area contributed by atoms with Gasteiger partial charge in [0.25, 0.3) is 5.91 Å². The quantitative estimate of drug-likeness (QED) is 0.551. The molecule has 2 aromatic rings. The number of amides is 2. The second-order valence-electron chi connectivity index (χ2n) is 8.31. The monoisotopic (exact) mass is 486 g/mol. The summed E-state index contributed by atoms with van der Waals surface area (Å²) in [5.41, 5.74) is 1.36. The van der Waals surface area contributed by atoms with Crippen molar-refractivity contribution in [2.75, 3.05) is 48.6 Å². The fourth-order valence-corrected chi connectivity index (χ4v) is 4.25. The number of benzene rings is 2. The van der Waals surface area contributed by atoms with Crippen molar-refractivity contribution in [3.05, 3.63) is 41.5 Å². The lowest BCUT2D eigenvalue weighted by atomic mass is 9.92. The summed E-state index contributed by atoms with van der Waals surface area (Å²) in [4.78, 5) is 27.5. The molecule has 1 aliphatic rings. The number of nitrogens with one attached hydrogen (secondary N) is 1. The molecule has 9 nitrogen and oxygen atoms in total. The summed E-state index contributed by atoms with van der Waals surface area (Å²) in [6.07, 6.45) is 1.94. The van der Waals surface area contributed by atoms with E-state index in [0.29, 0.717) is 60.4 Å². The van der Waals surface area contributed by atoms with E-state index in [0.717, 1.165) is 18.4 Å². The molecule has 1 aliphatic heterocycles. The van der Waals surface area contributed by atoms with Crippen LogP contribution in [0.1, 0.15) is 35.2 Å². The molecule has 1 N–H and O–H groups in total. The van der Waals surface area contributed by atoms with Crippen molar-refractivity contribution in [3.8, 4) is 28.7 Å². The Bertz CT molecular complexity index is 1010. The van der Waals surface area contributed by atoms with E-state index in [1.165, 1.54) is 21.3 Å². The molecule has 0 unspecified atom stereocenters. The van der Waals surface area contributed by atoms with Gasteiger partial charge in [-0.1, -0.05) is 0 Å². The zero-order valence-electron chi connectivity index (χ0n) is 21.0. The molecular weight excluding hydrogens is 452 g/mol. The molecule has 2 amide bonds. The van der Waals surface area contributed by atoms with Crippen molar-refractivity contribution < 1.29 is 33.3 Å². The van der Waals surface area contributed by atoms with Crippen LogP contribution in [0.2, 0.25) is 0 Å². The Morgan fingerprint density at radius 2 is 1.49 bits per heavy atom. The first-order valence-corrected chi connectivity index (χ1v) is 11.5. The van der Waals surface area contributed by atoms with Crippen LogP contribution in [0, 0.1) is 5.92 Å². The highest BCUT2D eigenvalue weighted by Gasteiger charge is 2.27. The lowest BCUT2D eigenvalue weighted by Crippen LogP contribution is -2.39. The third-order valence-electron chi connectivity index (χ3n) is 6.26. The van der Waals surface area contributed by atoms with Crippen LogP contribution in [-0.2, 0) is 11.3 Å². The first-order valence-electron chi connectivity index (χ1n) is 11.5. The van der Waals surface area contributed by atoms with E-state index in [-0.39, 0.29) is 17.7 Å². The molecule has 0 saturated carbocycles. The zero-order valence-corrected chi connectivity index (χ0v) is 21.0. The average Bonchev–Trinajstić information content (AvgIpc) is 2.90. The van der Waals surface area contributed by atoms with Crippen molar-refractivity contribution in [2.45, 2.75) is 25.8 Å². The van der Waals surface area contributed by atoms with Gasteiger partial charge in [0.2, 0.25) is 11.7 Å². The van der Waals surface area contributed by atoms with E-state index >= 15 is 0 Å². The maximum Gasteiger partial charge on any atom is 0.254 e. The number of rotatable bonds is 10. The van der Waals surface area contributed by atoms with Crippen molar-refractivity contribution in [2.24, 2.45) is 5.92 Å². The summed E-state index contributed by atoms with van der Waals surface area (Å²) in [7, 11) is 7.75. The predicted octanol–water partition coefficient (Wildman–Crippen LogP) is 3.29. The number of ether oxygens (including phenoxy) is 5. The fraction of sp³-hybridized carbons (Fsp3) is 0.462. The van der Waals surface area contributed by atoms with Crippen LogP contribution in [0.4, 0.5) is 0 Å². The van der Waals surface area contributed by atoms with Crippen LogP contribution in [0.25, 0.3) is 0 Å². The maximum absolute atomic E-state index is 13.1. The standard InChI is InChI=1S/C26H34N2O7/c1-31-20-7-6-18(21(15-20)32-2)16-27-24(29)12-17-8-10-28(11-9-17)26(30)19-13-22(33-3)25(35-5)23(14-19)34-4/h6-7,13-15,17H,8-12,16H2,1-5H3,(H,27,29). The van der Waals surface area contributed by atoms with Gasteiger partial charge in [-0.3, -0.25) is 9.59 Å². The number of carbonyl (C=O) groups excluding carboxylic acids is 2. The smallest absolute Gasteiger partial charge is 0.254 e. The van der Waals surface area contributed by atoms with Crippen molar-refractivity contribution >= 4 is 11.8 Å². The van der Waals surface area contributed by atoms with Gasteiger partial charge in [0, 0.05) is 43.2 Å². The summed E-state index contributed by atoms with van der Waals surface area (Å²) >= 11 is 0. The first kappa shape index (κ1) is 26.0. The summed E-state index contributed by atoms with van der Waals surface area (Å²) in [6.45, 7) is 1.55. The van der Waals surface area contributed by atoms with Gasteiger partial charge in [0.05, 0.1) is 35.5 Å². The summed E-state index contributed by atoms with van der Waals surface area (Å²) in [5, 5.41) is 2.97. The van der Waals surface area contributed by atoms with Crippen molar-refractivity contribution in [1.82, 2.24) is 10.2 Å². The lowest BCUT2D eigenvalue weighted by Gasteiger charge is -2.32. The minimum absolute atomic E-state index is 0.0164. The summed E-state index contributed by atoms with van der Waals surface area (Å²) in [6, 6.07) is 8.84. The van der Waals surface area contributed by atoms with E-state index in [1.807, 2.05) is 12.1 Å². The molecule has 0 bridgehead atoms. The van der Waals surface area contributed by atoms with E-state index in [1.54, 1.807) is 37.3 Å². The van der Waals surface area contributed by atoms with Crippen LogP contribution in [-0.4, -0.2) is 65.4 Å². The van der Waals surface area contributed by atoms with E-state index in [4.69, 9.17) is 23.7 Å². The van der Waals surface area contributed by atoms with Gasteiger partial charge in [0.15, 0.2) is 11.5 Å². The normalized spacial score (nSPS) is 13.7. The first-order chi connectivity index (χ1) is 16.9. The Kier molecular flexibility index (Phi) is 9.05. The molecule has 2 aromatic carbocycles. The van der Waals surface area contributed by atoms with Crippen LogP contribution in [0.15, 0.2) is 30.3 Å². The Hall–Kier alpha value is -3.62. The van der Waals surface area contributed by atoms with Crippen molar-refractivity contribution in [1.29, 1.82) is 0 Å². The molecule has 1 saturated heterocycles. The molecule has 3 rings (SSSR count). The highest BCUT2D eigenvalue weighted by atomic mass is 16.5.